The van der Waals surface area contributed by atoms with E-state index in [1.807, 2.05) is 6.07 Å². The number of benzene rings is 3. The number of hydrogen-bond acceptors (Lipinski definition) is 0. The first kappa shape index (κ1) is 11.3. The fraction of sp³-hybridized carbons (Fsp3) is 0.222. The lowest BCUT2D eigenvalue weighted by molar-refractivity contribution is 0.690. The minimum absolute atomic E-state index is 0.817. The number of halogens is 1. The van der Waals surface area contributed by atoms with Gasteiger partial charge in [-0.1, -0.05) is 41.9 Å². The van der Waals surface area contributed by atoms with E-state index >= 15 is 0 Å². The molecule has 0 aliphatic heterocycles. The van der Waals surface area contributed by atoms with Crippen LogP contribution >= 0.6 is 11.6 Å². The summed E-state index contributed by atoms with van der Waals surface area (Å²) in [6.45, 7) is 0. The van der Waals surface area contributed by atoms with E-state index in [0.29, 0.717) is 0 Å². The van der Waals surface area contributed by atoms with E-state index in [4.69, 9.17) is 11.6 Å². The molecule has 0 radical (unpaired) electrons. The van der Waals surface area contributed by atoms with Crippen molar-refractivity contribution in [2.45, 2.75) is 25.7 Å². The summed E-state index contributed by atoms with van der Waals surface area (Å²) in [5.74, 6) is 0. The highest BCUT2D eigenvalue weighted by Crippen LogP contribution is 2.34. The Balaban J connectivity index is 2.14. The molecule has 1 aliphatic rings. The van der Waals surface area contributed by atoms with Crippen molar-refractivity contribution in [3.63, 3.8) is 0 Å². The molecule has 1 heteroatoms. The van der Waals surface area contributed by atoms with Crippen LogP contribution in [0.4, 0.5) is 0 Å². The van der Waals surface area contributed by atoms with Gasteiger partial charge in [-0.15, -0.1) is 0 Å². The lowest BCUT2D eigenvalue weighted by Crippen LogP contribution is -2.03. The predicted octanol–water partition coefficient (Wildman–Crippen LogP) is 5.53. The summed E-state index contributed by atoms with van der Waals surface area (Å²) >= 11 is 6.16. The second-order valence-corrected chi connectivity index (χ2v) is 5.87. The molecule has 0 amide bonds. The Morgan fingerprint density at radius 2 is 1.53 bits per heavy atom. The molecular formula is C18H15Cl. The monoisotopic (exact) mass is 266 g/mol. The maximum atomic E-state index is 6.16. The van der Waals surface area contributed by atoms with E-state index in [0.717, 1.165) is 5.02 Å². The first-order valence-electron chi connectivity index (χ1n) is 6.96. The minimum atomic E-state index is 0.817. The van der Waals surface area contributed by atoms with Crippen LogP contribution in [0, 0.1) is 0 Å². The molecular weight excluding hydrogens is 252 g/mol. The van der Waals surface area contributed by atoms with Crippen LogP contribution in [0.3, 0.4) is 0 Å². The van der Waals surface area contributed by atoms with E-state index in [9.17, 15) is 0 Å². The quantitative estimate of drug-likeness (QED) is 0.470. The fourth-order valence-corrected chi connectivity index (χ4v) is 3.53. The van der Waals surface area contributed by atoms with Crippen molar-refractivity contribution in [3.8, 4) is 0 Å². The van der Waals surface area contributed by atoms with Crippen LogP contribution in [-0.4, -0.2) is 0 Å². The largest absolute Gasteiger partial charge is 0.0843 e. The molecule has 3 aromatic rings. The lowest BCUT2D eigenvalue weighted by Gasteiger charge is -2.18. The van der Waals surface area contributed by atoms with Gasteiger partial charge in [0.2, 0.25) is 0 Å². The van der Waals surface area contributed by atoms with Gasteiger partial charge in [-0.05, 0) is 70.5 Å². The molecule has 1 aliphatic carbocycles. The van der Waals surface area contributed by atoms with Crippen LogP contribution in [0.2, 0.25) is 5.02 Å². The van der Waals surface area contributed by atoms with E-state index in [1.165, 1.54) is 47.2 Å². The Labute approximate surface area is 118 Å². The first-order chi connectivity index (χ1) is 9.33. The van der Waals surface area contributed by atoms with E-state index < -0.39 is 0 Å². The number of fused-ring (bicyclic) bond motifs is 5. The van der Waals surface area contributed by atoms with Gasteiger partial charge in [-0.25, -0.2) is 0 Å². The van der Waals surface area contributed by atoms with Crippen LogP contribution in [0.1, 0.15) is 24.0 Å². The zero-order chi connectivity index (χ0) is 12.8. The van der Waals surface area contributed by atoms with Gasteiger partial charge in [0.15, 0.2) is 0 Å². The summed E-state index contributed by atoms with van der Waals surface area (Å²) < 4.78 is 0. The van der Waals surface area contributed by atoms with Crippen LogP contribution in [-0.2, 0) is 12.8 Å². The summed E-state index contributed by atoms with van der Waals surface area (Å²) in [5.41, 5.74) is 3.10. The molecule has 0 N–H and O–H groups in total. The number of aryl methyl sites for hydroxylation is 2. The van der Waals surface area contributed by atoms with Crippen LogP contribution in [0.15, 0.2) is 42.5 Å². The van der Waals surface area contributed by atoms with E-state index in [1.54, 1.807) is 11.1 Å². The molecule has 0 atom stereocenters. The highest BCUT2D eigenvalue weighted by Gasteiger charge is 2.13. The molecule has 4 rings (SSSR count). The smallest absolute Gasteiger partial charge is 0.0412 e. The maximum Gasteiger partial charge on any atom is 0.0412 e. The average Bonchev–Trinajstić information content (AvgIpc) is 2.46. The molecule has 94 valence electrons. The Morgan fingerprint density at radius 3 is 2.47 bits per heavy atom. The SMILES string of the molecule is Clc1ccc2ccc3c4c(ccc3c2c1)CCCC4. The normalized spacial score (nSPS) is 14.8. The number of hydrogen-bond donors (Lipinski definition) is 0. The van der Waals surface area contributed by atoms with Gasteiger partial charge in [0, 0.05) is 5.02 Å². The second-order valence-electron chi connectivity index (χ2n) is 5.44. The Hall–Kier alpha value is -1.53. The van der Waals surface area contributed by atoms with Crippen LogP contribution < -0.4 is 0 Å². The third-order valence-corrected chi connectivity index (χ3v) is 4.55. The van der Waals surface area contributed by atoms with Gasteiger partial charge in [-0.3, -0.25) is 0 Å². The zero-order valence-electron chi connectivity index (χ0n) is 10.7. The summed E-state index contributed by atoms with van der Waals surface area (Å²) in [5, 5.41) is 6.14. The van der Waals surface area contributed by atoms with Crippen molar-refractivity contribution in [1.29, 1.82) is 0 Å². The van der Waals surface area contributed by atoms with Gasteiger partial charge in [0.25, 0.3) is 0 Å². The highest BCUT2D eigenvalue weighted by molar-refractivity contribution is 6.31. The fourth-order valence-electron chi connectivity index (χ4n) is 3.36. The summed E-state index contributed by atoms with van der Waals surface area (Å²) in [6, 6.07) is 15.3. The van der Waals surface area contributed by atoms with Gasteiger partial charge < -0.3 is 0 Å². The summed E-state index contributed by atoms with van der Waals surface area (Å²) in [4.78, 5) is 0. The molecule has 0 saturated carbocycles. The second kappa shape index (κ2) is 4.25. The predicted molar refractivity (Wildman–Crippen MR) is 83.1 cm³/mol. The molecule has 0 heterocycles. The molecule has 0 fully saturated rings. The third-order valence-electron chi connectivity index (χ3n) is 4.31. The van der Waals surface area contributed by atoms with Crippen molar-refractivity contribution < 1.29 is 0 Å². The van der Waals surface area contributed by atoms with Gasteiger partial charge >= 0.3 is 0 Å². The number of rotatable bonds is 0. The lowest BCUT2D eigenvalue weighted by atomic mass is 9.86. The van der Waals surface area contributed by atoms with Gasteiger partial charge in [0.1, 0.15) is 0 Å². The third kappa shape index (κ3) is 1.74. The summed E-state index contributed by atoms with van der Waals surface area (Å²) in [7, 11) is 0. The topological polar surface area (TPSA) is 0 Å². The van der Waals surface area contributed by atoms with Crippen LogP contribution in [0.25, 0.3) is 21.5 Å². The van der Waals surface area contributed by atoms with E-state index in [2.05, 4.69) is 36.4 Å². The highest BCUT2D eigenvalue weighted by atomic mass is 35.5. The van der Waals surface area contributed by atoms with Gasteiger partial charge in [0.05, 0.1) is 0 Å². The van der Waals surface area contributed by atoms with Crippen LogP contribution in [0.5, 0.6) is 0 Å². The molecule has 0 bridgehead atoms. The molecule has 0 spiro atoms. The van der Waals surface area contributed by atoms with E-state index in [-0.39, 0.29) is 0 Å². The molecule has 0 nitrogen and oxygen atoms in total. The van der Waals surface area contributed by atoms with Crippen molar-refractivity contribution >= 4 is 33.1 Å². The molecule has 3 aromatic carbocycles. The molecule has 0 aromatic heterocycles. The van der Waals surface area contributed by atoms with Crippen molar-refractivity contribution in [3.05, 3.63) is 58.6 Å². The maximum absolute atomic E-state index is 6.16. The Morgan fingerprint density at radius 1 is 0.737 bits per heavy atom. The van der Waals surface area contributed by atoms with Crippen molar-refractivity contribution in [1.82, 2.24) is 0 Å². The zero-order valence-corrected chi connectivity index (χ0v) is 11.5. The van der Waals surface area contributed by atoms with Crippen molar-refractivity contribution in [2.24, 2.45) is 0 Å². The standard InChI is InChI=1S/C18H15Cl/c19-14-8-5-13-7-9-16-15-4-2-1-3-12(15)6-10-17(16)18(13)11-14/h5-11H,1-4H2. The minimum Gasteiger partial charge on any atom is -0.0843 e. The Bertz CT molecular complexity index is 786. The average molecular weight is 267 g/mol. The van der Waals surface area contributed by atoms with Crippen molar-refractivity contribution in [2.75, 3.05) is 0 Å². The molecule has 0 unspecified atom stereocenters. The molecule has 0 saturated heterocycles. The Kier molecular flexibility index (Phi) is 2.53. The first-order valence-corrected chi connectivity index (χ1v) is 7.33. The van der Waals surface area contributed by atoms with Gasteiger partial charge in [-0.2, -0.15) is 0 Å². The molecule has 19 heavy (non-hydrogen) atoms. The summed E-state index contributed by atoms with van der Waals surface area (Å²) in [6.07, 6.45) is 5.11.